The van der Waals surface area contributed by atoms with E-state index in [0.29, 0.717) is 12.5 Å². The summed E-state index contributed by atoms with van der Waals surface area (Å²) in [6.07, 6.45) is 0.286. The summed E-state index contributed by atoms with van der Waals surface area (Å²) >= 11 is 7.11. The number of amides is 1. The Kier molecular flexibility index (Phi) is 5.36. The third-order valence-electron chi connectivity index (χ3n) is 2.03. The first-order valence-electron chi connectivity index (χ1n) is 5.26. The SMILES string of the molecule is COCC(C)(C)NC(=O)Cc1nc(CCl)cs1. The number of carbonyl (C=O) groups excluding carboxylic acids is 1. The van der Waals surface area contributed by atoms with Gasteiger partial charge in [0.15, 0.2) is 0 Å². The monoisotopic (exact) mass is 276 g/mol. The Labute approximate surface area is 110 Å². The normalized spacial score (nSPS) is 11.5. The second kappa shape index (κ2) is 6.33. The maximum Gasteiger partial charge on any atom is 0.227 e. The molecule has 0 aliphatic rings. The van der Waals surface area contributed by atoms with E-state index in [1.54, 1.807) is 7.11 Å². The van der Waals surface area contributed by atoms with E-state index in [1.807, 2.05) is 19.2 Å². The fourth-order valence-electron chi connectivity index (χ4n) is 1.45. The molecule has 1 rings (SSSR count). The Morgan fingerprint density at radius 2 is 2.35 bits per heavy atom. The van der Waals surface area contributed by atoms with Crippen LogP contribution in [-0.2, 0) is 21.8 Å². The van der Waals surface area contributed by atoms with Crippen molar-refractivity contribution >= 4 is 28.8 Å². The maximum atomic E-state index is 11.8. The third-order valence-corrected chi connectivity index (χ3v) is 3.20. The van der Waals surface area contributed by atoms with E-state index in [9.17, 15) is 4.79 Å². The first-order chi connectivity index (χ1) is 7.96. The molecule has 0 aliphatic carbocycles. The van der Waals surface area contributed by atoms with Crippen molar-refractivity contribution in [2.75, 3.05) is 13.7 Å². The minimum Gasteiger partial charge on any atom is -0.382 e. The summed E-state index contributed by atoms with van der Waals surface area (Å²) in [5.41, 5.74) is 0.453. The van der Waals surface area contributed by atoms with Crippen molar-refractivity contribution < 1.29 is 9.53 Å². The average molecular weight is 277 g/mol. The first kappa shape index (κ1) is 14.4. The van der Waals surface area contributed by atoms with Gasteiger partial charge in [0.05, 0.1) is 30.1 Å². The Hall–Kier alpha value is -0.650. The largest absolute Gasteiger partial charge is 0.382 e. The predicted octanol–water partition coefficient (Wildman–Crippen LogP) is 1.97. The van der Waals surface area contributed by atoms with Crippen molar-refractivity contribution in [3.05, 3.63) is 16.1 Å². The highest BCUT2D eigenvalue weighted by Crippen LogP contribution is 2.12. The van der Waals surface area contributed by atoms with E-state index in [4.69, 9.17) is 16.3 Å². The molecule has 6 heteroatoms. The van der Waals surface area contributed by atoms with Gasteiger partial charge in [0.1, 0.15) is 5.01 Å². The second-order valence-electron chi connectivity index (χ2n) is 4.41. The van der Waals surface area contributed by atoms with Gasteiger partial charge in [0.2, 0.25) is 5.91 Å². The molecule has 0 unspecified atom stereocenters. The van der Waals surface area contributed by atoms with Crippen molar-refractivity contribution in [1.82, 2.24) is 10.3 Å². The number of hydrogen-bond acceptors (Lipinski definition) is 4. The molecule has 1 heterocycles. The minimum absolute atomic E-state index is 0.0532. The quantitative estimate of drug-likeness (QED) is 0.808. The Morgan fingerprint density at radius 3 is 2.88 bits per heavy atom. The number of nitrogens with one attached hydrogen (secondary N) is 1. The van der Waals surface area contributed by atoms with Crippen LogP contribution in [0.15, 0.2) is 5.38 Å². The van der Waals surface area contributed by atoms with Crippen molar-refractivity contribution in [1.29, 1.82) is 0 Å². The Bertz CT molecular complexity index is 379. The molecule has 0 bridgehead atoms. The number of alkyl halides is 1. The maximum absolute atomic E-state index is 11.8. The second-order valence-corrected chi connectivity index (χ2v) is 5.62. The Morgan fingerprint density at radius 1 is 1.65 bits per heavy atom. The number of hydrogen-bond donors (Lipinski definition) is 1. The number of rotatable bonds is 6. The summed E-state index contributed by atoms with van der Waals surface area (Å²) < 4.78 is 5.03. The lowest BCUT2D eigenvalue weighted by Crippen LogP contribution is -2.47. The number of nitrogens with zero attached hydrogens (tertiary/aromatic N) is 1. The fraction of sp³-hybridized carbons (Fsp3) is 0.636. The molecule has 0 atom stereocenters. The summed E-state index contributed by atoms with van der Waals surface area (Å²) in [7, 11) is 1.61. The number of aromatic nitrogens is 1. The fourth-order valence-corrected chi connectivity index (χ4v) is 2.47. The van der Waals surface area contributed by atoms with Crippen LogP contribution >= 0.6 is 22.9 Å². The van der Waals surface area contributed by atoms with Crippen LogP contribution in [0.1, 0.15) is 24.5 Å². The van der Waals surface area contributed by atoms with Crippen molar-refractivity contribution in [3.8, 4) is 0 Å². The zero-order valence-electron chi connectivity index (χ0n) is 10.2. The summed E-state index contributed by atoms with van der Waals surface area (Å²) in [4.78, 5) is 16.0. The van der Waals surface area contributed by atoms with E-state index in [2.05, 4.69) is 10.3 Å². The van der Waals surface area contributed by atoms with Crippen LogP contribution in [0.25, 0.3) is 0 Å². The number of halogens is 1. The van der Waals surface area contributed by atoms with Gasteiger partial charge in [-0.25, -0.2) is 4.98 Å². The molecule has 17 heavy (non-hydrogen) atoms. The van der Waals surface area contributed by atoms with Crippen LogP contribution in [-0.4, -0.2) is 30.1 Å². The van der Waals surface area contributed by atoms with Crippen LogP contribution in [0.3, 0.4) is 0 Å². The molecule has 96 valence electrons. The standard InChI is InChI=1S/C11H17ClN2O2S/c1-11(2,7-16-3)14-9(15)4-10-13-8(5-12)6-17-10/h6H,4-5,7H2,1-3H3,(H,14,15). The van der Waals surface area contributed by atoms with Crippen LogP contribution in [0, 0.1) is 0 Å². The highest BCUT2D eigenvalue weighted by Gasteiger charge is 2.20. The molecule has 0 fully saturated rings. The molecule has 1 amide bonds. The zero-order valence-corrected chi connectivity index (χ0v) is 11.8. The minimum atomic E-state index is -0.363. The first-order valence-corrected chi connectivity index (χ1v) is 6.67. The number of carbonyl (C=O) groups is 1. The lowest BCUT2D eigenvalue weighted by Gasteiger charge is -2.24. The van der Waals surface area contributed by atoms with Gasteiger partial charge in [-0.3, -0.25) is 4.79 Å². The summed E-state index contributed by atoms with van der Waals surface area (Å²) in [6, 6.07) is 0. The molecular weight excluding hydrogens is 260 g/mol. The summed E-state index contributed by atoms with van der Waals surface area (Å²) in [5.74, 6) is 0.329. The predicted molar refractivity (Wildman–Crippen MR) is 69.5 cm³/mol. The Balaban J connectivity index is 2.49. The van der Waals surface area contributed by atoms with Gasteiger partial charge in [-0.05, 0) is 13.8 Å². The van der Waals surface area contributed by atoms with E-state index in [-0.39, 0.29) is 17.9 Å². The van der Waals surface area contributed by atoms with Crippen LogP contribution in [0.2, 0.25) is 0 Å². The van der Waals surface area contributed by atoms with Gasteiger partial charge in [-0.1, -0.05) is 0 Å². The van der Waals surface area contributed by atoms with Gasteiger partial charge in [0.25, 0.3) is 0 Å². The van der Waals surface area contributed by atoms with Crippen molar-refractivity contribution in [3.63, 3.8) is 0 Å². The number of methoxy groups -OCH3 is 1. The highest BCUT2D eigenvalue weighted by atomic mass is 35.5. The average Bonchev–Trinajstić information content (AvgIpc) is 2.64. The zero-order chi connectivity index (χ0) is 12.9. The topological polar surface area (TPSA) is 51.2 Å². The molecule has 0 spiro atoms. The number of thiazole rings is 1. The van der Waals surface area contributed by atoms with Gasteiger partial charge >= 0.3 is 0 Å². The molecule has 1 N–H and O–H groups in total. The lowest BCUT2D eigenvalue weighted by molar-refractivity contribution is -0.122. The smallest absolute Gasteiger partial charge is 0.227 e. The van der Waals surface area contributed by atoms with Crippen molar-refractivity contribution in [2.24, 2.45) is 0 Å². The number of ether oxygens (including phenoxy) is 1. The molecule has 0 saturated heterocycles. The van der Waals surface area contributed by atoms with Crippen LogP contribution in [0.4, 0.5) is 0 Å². The third kappa shape index (κ3) is 5.02. The summed E-state index contributed by atoms with van der Waals surface area (Å²) in [5, 5.41) is 5.56. The molecule has 0 saturated carbocycles. The van der Waals surface area contributed by atoms with Gasteiger partial charge in [-0.15, -0.1) is 22.9 Å². The molecule has 0 aliphatic heterocycles. The molecule has 1 aromatic rings. The molecule has 0 aromatic carbocycles. The molecular formula is C11H17ClN2O2S. The molecule has 0 radical (unpaired) electrons. The van der Waals surface area contributed by atoms with E-state index < -0.39 is 0 Å². The summed E-state index contributed by atoms with van der Waals surface area (Å²) in [6.45, 7) is 4.31. The van der Waals surface area contributed by atoms with E-state index in [1.165, 1.54) is 11.3 Å². The van der Waals surface area contributed by atoms with Gasteiger partial charge in [0, 0.05) is 12.5 Å². The highest BCUT2D eigenvalue weighted by molar-refractivity contribution is 7.09. The molecule has 1 aromatic heterocycles. The van der Waals surface area contributed by atoms with Crippen molar-refractivity contribution in [2.45, 2.75) is 31.7 Å². The van der Waals surface area contributed by atoms with Crippen LogP contribution < -0.4 is 5.32 Å². The van der Waals surface area contributed by atoms with E-state index >= 15 is 0 Å². The lowest BCUT2D eigenvalue weighted by atomic mass is 10.1. The molecule has 4 nitrogen and oxygen atoms in total. The van der Waals surface area contributed by atoms with Gasteiger partial charge < -0.3 is 10.1 Å². The van der Waals surface area contributed by atoms with Crippen LogP contribution in [0.5, 0.6) is 0 Å². The van der Waals surface area contributed by atoms with E-state index in [0.717, 1.165) is 10.7 Å². The van der Waals surface area contributed by atoms with Gasteiger partial charge in [-0.2, -0.15) is 0 Å².